The number of ketones is 1. The Labute approximate surface area is 228 Å². The van der Waals surface area contributed by atoms with Crippen LogP contribution in [0.2, 0.25) is 0 Å². The van der Waals surface area contributed by atoms with Gasteiger partial charge < -0.3 is 19.7 Å². The summed E-state index contributed by atoms with van der Waals surface area (Å²) in [5.74, 6) is 1.74. The van der Waals surface area contributed by atoms with E-state index in [1.807, 2.05) is 24.3 Å². The monoisotopic (exact) mass is 520 g/mol. The molecule has 0 spiro atoms. The molecule has 0 unspecified atom stereocenters. The van der Waals surface area contributed by atoms with Gasteiger partial charge in [0.15, 0.2) is 5.76 Å². The largest absolute Gasteiger partial charge is 0.506 e. The van der Waals surface area contributed by atoms with Crippen molar-refractivity contribution in [3.8, 4) is 0 Å². The maximum atomic E-state index is 13.1. The Kier molecular flexibility index (Phi) is 7.35. The molecule has 2 N–H and O–H groups in total. The van der Waals surface area contributed by atoms with Gasteiger partial charge >= 0.3 is 0 Å². The molecule has 0 saturated carbocycles. The Morgan fingerprint density at radius 2 is 0.816 bits per heavy atom. The molecule has 206 valence electrons. The number of aliphatic hydroxyl groups excluding tert-OH is 2. The van der Waals surface area contributed by atoms with Gasteiger partial charge in [0, 0.05) is 21.7 Å². The smallest absolute Gasteiger partial charge is 0.231 e. The predicted octanol–water partition coefficient (Wildman–Crippen LogP) is 8.83. The molecular weight excluding hydrogens is 476 g/mol. The highest BCUT2D eigenvalue weighted by Crippen LogP contribution is 2.42. The van der Waals surface area contributed by atoms with E-state index in [4.69, 9.17) is 9.47 Å². The number of ether oxygens (including phenoxy) is 2. The minimum Gasteiger partial charge on any atom is -0.506 e. The molecule has 0 aromatic carbocycles. The molecule has 3 aliphatic rings. The summed E-state index contributed by atoms with van der Waals surface area (Å²) < 4.78 is 12.4. The second-order valence-electron chi connectivity index (χ2n) is 14.4. The standard InChI is InChI=1S/C33H44O5/c1-30(2,3)23-15-19(16-24(37-23)31(4,5)6)13-21-27(34)22(29(36)28(21)35)14-20-17-25(32(7,8)9)38-26(18-20)33(10,11)12/h13-18,34H,1-12H3,(H,35,36). The van der Waals surface area contributed by atoms with Crippen molar-refractivity contribution in [2.45, 2.75) is 83.1 Å². The molecule has 0 atom stereocenters. The zero-order chi connectivity index (χ0) is 29.0. The Balaban J connectivity index is 2.14. The van der Waals surface area contributed by atoms with Crippen molar-refractivity contribution in [2.24, 2.45) is 21.7 Å². The molecule has 0 amide bonds. The van der Waals surface area contributed by atoms with Gasteiger partial charge in [0.1, 0.15) is 28.8 Å². The zero-order valence-electron chi connectivity index (χ0n) is 25.1. The first-order valence-corrected chi connectivity index (χ1v) is 13.2. The highest BCUT2D eigenvalue weighted by Gasteiger charge is 2.34. The second-order valence-corrected chi connectivity index (χ2v) is 14.4. The summed E-state index contributed by atoms with van der Waals surface area (Å²) in [7, 11) is 0. The van der Waals surface area contributed by atoms with Gasteiger partial charge in [-0.1, -0.05) is 83.1 Å². The molecule has 0 fully saturated rings. The molecule has 2 aliphatic heterocycles. The summed E-state index contributed by atoms with van der Waals surface area (Å²) in [6.45, 7) is 24.7. The van der Waals surface area contributed by atoms with Gasteiger partial charge in [0.05, 0.1) is 11.1 Å². The van der Waals surface area contributed by atoms with Crippen LogP contribution in [-0.4, -0.2) is 16.0 Å². The quantitative estimate of drug-likeness (QED) is 0.380. The molecule has 38 heavy (non-hydrogen) atoms. The van der Waals surface area contributed by atoms with Gasteiger partial charge in [-0.2, -0.15) is 0 Å². The summed E-state index contributed by atoms with van der Waals surface area (Å²) in [5, 5.41) is 22.0. The Bertz CT molecular complexity index is 1220. The lowest BCUT2D eigenvalue weighted by atomic mass is 9.86. The first-order chi connectivity index (χ1) is 17.1. The van der Waals surface area contributed by atoms with Crippen molar-refractivity contribution in [3.05, 3.63) is 93.3 Å². The number of aliphatic hydroxyl groups is 2. The van der Waals surface area contributed by atoms with E-state index in [-0.39, 0.29) is 38.6 Å². The van der Waals surface area contributed by atoms with E-state index < -0.39 is 11.5 Å². The first-order valence-electron chi connectivity index (χ1n) is 13.2. The van der Waals surface area contributed by atoms with Crippen LogP contribution >= 0.6 is 0 Å². The number of carbonyl (C=O) groups excluding carboxylic acids is 1. The van der Waals surface area contributed by atoms with Crippen molar-refractivity contribution < 1.29 is 24.5 Å². The third kappa shape index (κ3) is 6.25. The summed E-state index contributed by atoms with van der Waals surface area (Å²) >= 11 is 0. The fourth-order valence-corrected chi connectivity index (χ4v) is 3.91. The number of rotatable bonds is 2. The number of Topliss-reactive ketones (excluding diaryl/α,β-unsaturated/α-hetero) is 1. The highest BCUT2D eigenvalue weighted by atomic mass is 16.5. The van der Waals surface area contributed by atoms with Crippen LogP contribution in [0.4, 0.5) is 0 Å². The molecule has 0 bridgehead atoms. The minimum absolute atomic E-state index is 0.0485. The molecule has 0 aromatic heterocycles. The van der Waals surface area contributed by atoms with Crippen LogP contribution in [0, 0.1) is 21.7 Å². The van der Waals surface area contributed by atoms with E-state index in [1.54, 1.807) is 12.2 Å². The van der Waals surface area contributed by atoms with Crippen LogP contribution < -0.4 is 0 Å². The maximum Gasteiger partial charge on any atom is 0.231 e. The van der Waals surface area contributed by atoms with Crippen LogP contribution in [0.3, 0.4) is 0 Å². The van der Waals surface area contributed by atoms with E-state index in [2.05, 4.69) is 83.1 Å². The van der Waals surface area contributed by atoms with Gasteiger partial charge in [0.25, 0.3) is 0 Å². The Morgan fingerprint density at radius 1 is 0.526 bits per heavy atom. The van der Waals surface area contributed by atoms with E-state index in [1.165, 1.54) is 0 Å². The molecule has 0 aromatic rings. The van der Waals surface area contributed by atoms with Gasteiger partial charge in [-0.25, -0.2) is 0 Å². The third-order valence-corrected chi connectivity index (χ3v) is 6.43. The number of hydrogen-bond acceptors (Lipinski definition) is 5. The van der Waals surface area contributed by atoms with E-state index in [0.717, 1.165) is 34.2 Å². The summed E-state index contributed by atoms with van der Waals surface area (Å²) in [6, 6.07) is 0. The van der Waals surface area contributed by atoms with E-state index in [0.29, 0.717) is 0 Å². The molecule has 3 rings (SSSR count). The second kappa shape index (κ2) is 9.52. The molecule has 5 nitrogen and oxygen atoms in total. The maximum absolute atomic E-state index is 13.1. The topological polar surface area (TPSA) is 76.0 Å². The summed E-state index contributed by atoms with van der Waals surface area (Å²) in [5.41, 5.74) is 0.579. The molecule has 5 heteroatoms. The lowest BCUT2D eigenvalue weighted by Crippen LogP contribution is -2.21. The number of allylic oxidation sites excluding steroid dienone is 13. The average molecular weight is 521 g/mol. The van der Waals surface area contributed by atoms with Crippen LogP contribution in [0.5, 0.6) is 0 Å². The van der Waals surface area contributed by atoms with Crippen LogP contribution in [0.15, 0.2) is 93.3 Å². The minimum atomic E-state index is -0.614. The van der Waals surface area contributed by atoms with Gasteiger partial charge in [-0.05, 0) is 47.6 Å². The van der Waals surface area contributed by atoms with E-state index in [9.17, 15) is 15.0 Å². The predicted molar refractivity (Wildman–Crippen MR) is 153 cm³/mol. The van der Waals surface area contributed by atoms with E-state index >= 15 is 0 Å². The van der Waals surface area contributed by atoms with Crippen LogP contribution in [0.25, 0.3) is 0 Å². The lowest BCUT2D eigenvalue weighted by molar-refractivity contribution is -0.114. The van der Waals surface area contributed by atoms with Crippen molar-refractivity contribution in [2.75, 3.05) is 0 Å². The highest BCUT2D eigenvalue weighted by molar-refractivity contribution is 6.13. The molecule has 1 aliphatic carbocycles. The van der Waals surface area contributed by atoms with Crippen molar-refractivity contribution in [3.63, 3.8) is 0 Å². The summed E-state index contributed by atoms with van der Waals surface area (Å²) in [4.78, 5) is 13.1. The van der Waals surface area contributed by atoms with Crippen molar-refractivity contribution in [1.82, 2.24) is 0 Å². The molecular formula is C33H44O5. The van der Waals surface area contributed by atoms with Crippen LogP contribution in [-0.2, 0) is 14.3 Å². The summed E-state index contributed by atoms with van der Waals surface area (Å²) in [6.07, 6.45) is 10.8. The number of hydrogen-bond donors (Lipinski definition) is 2. The molecule has 0 saturated heterocycles. The SMILES string of the molecule is CC(C)(C)C1=CC(=CC2=C(O)C(C=C3C=C(C(C)(C)C)OC(C(C)(C)C)=C3)=C(O)C2=O)C=C(C(C)(C)C)O1. The first kappa shape index (κ1) is 29.3. The number of carbonyl (C=O) groups is 1. The fourth-order valence-electron chi connectivity index (χ4n) is 3.91. The third-order valence-electron chi connectivity index (χ3n) is 6.43. The van der Waals surface area contributed by atoms with Crippen LogP contribution in [0.1, 0.15) is 83.1 Å². The average Bonchev–Trinajstić information content (AvgIpc) is 2.94. The molecule has 2 heterocycles. The normalized spacial score (nSPS) is 19.5. The van der Waals surface area contributed by atoms with Gasteiger partial charge in [0.2, 0.25) is 5.78 Å². The van der Waals surface area contributed by atoms with Crippen molar-refractivity contribution >= 4 is 5.78 Å². The molecule has 0 radical (unpaired) electrons. The van der Waals surface area contributed by atoms with Crippen molar-refractivity contribution in [1.29, 1.82) is 0 Å². The van der Waals surface area contributed by atoms with Gasteiger partial charge in [-0.15, -0.1) is 0 Å². The zero-order valence-corrected chi connectivity index (χ0v) is 25.1. The Hall–Kier alpha value is -3.21. The Morgan fingerprint density at radius 3 is 1.11 bits per heavy atom. The lowest BCUT2D eigenvalue weighted by Gasteiger charge is -2.32. The fraction of sp³-hybridized carbons (Fsp3) is 0.485. The van der Waals surface area contributed by atoms with Gasteiger partial charge in [-0.3, -0.25) is 4.79 Å².